The first-order valence-corrected chi connectivity index (χ1v) is 6.90. The van der Waals surface area contributed by atoms with Crippen molar-refractivity contribution in [3.63, 3.8) is 0 Å². The maximum atomic E-state index is 11.3. The van der Waals surface area contributed by atoms with Crippen LogP contribution >= 0.6 is 11.8 Å². The van der Waals surface area contributed by atoms with Crippen molar-refractivity contribution in [2.45, 2.75) is 52.6 Å². The Balaban J connectivity index is 3.34. The number of amides is 1. The van der Waals surface area contributed by atoms with E-state index in [0.717, 1.165) is 25.0 Å². The van der Waals surface area contributed by atoms with Crippen LogP contribution in [0.15, 0.2) is 0 Å². The summed E-state index contributed by atoms with van der Waals surface area (Å²) in [5.41, 5.74) is -0.442. The van der Waals surface area contributed by atoms with Gasteiger partial charge >= 0.3 is 6.09 Å². The third kappa shape index (κ3) is 13.2. The summed E-state index contributed by atoms with van der Waals surface area (Å²) in [4.78, 5) is 21.9. The van der Waals surface area contributed by atoms with Crippen molar-refractivity contribution in [1.82, 2.24) is 5.32 Å². The summed E-state index contributed by atoms with van der Waals surface area (Å²) in [7, 11) is 0. The minimum absolute atomic E-state index is 0.164. The highest BCUT2D eigenvalue weighted by molar-refractivity contribution is 8.13. The van der Waals surface area contributed by atoms with E-state index in [1.165, 1.54) is 11.8 Å². The molecule has 5 heteroatoms. The fourth-order valence-corrected chi connectivity index (χ4v) is 1.76. The average molecular weight is 261 g/mol. The molecule has 0 saturated heterocycles. The molecule has 0 fully saturated rings. The number of rotatable bonds is 6. The van der Waals surface area contributed by atoms with Crippen LogP contribution < -0.4 is 5.32 Å². The highest BCUT2D eigenvalue weighted by Crippen LogP contribution is 2.07. The molecule has 0 radical (unpaired) electrons. The van der Waals surface area contributed by atoms with E-state index in [-0.39, 0.29) is 11.2 Å². The largest absolute Gasteiger partial charge is 0.444 e. The van der Waals surface area contributed by atoms with Gasteiger partial charge in [-0.1, -0.05) is 18.2 Å². The molecule has 0 heterocycles. The lowest BCUT2D eigenvalue weighted by molar-refractivity contribution is -0.109. The third-order valence-electron chi connectivity index (χ3n) is 1.79. The SMILES string of the molecule is CC(=O)SCCCCCNC(=O)OC(C)(C)C. The molecule has 1 N–H and O–H groups in total. The Morgan fingerprint density at radius 2 is 1.82 bits per heavy atom. The molecule has 0 saturated carbocycles. The normalized spacial score (nSPS) is 11.1. The number of carbonyl (C=O) groups excluding carboxylic acids is 2. The molecule has 0 aromatic heterocycles. The van der Waals surface area contributed by atoms with Crippen LogP contribution in [-0.4, -0.2) is 29.1 Å². The van der Waals surface area contributed by atoms with Crippen LogP contribution in [0.2, 0.25) is 0 Å². The molecule has 1 amide bonds. The molecule has 0 unspecified atom stereocenters. The number of ether oxygens (including phenoxy) is 1. The van der Waals surface area contributed by atoms with Crippen molar-refractivity contribution in [3.05, 3.63) is 0 Å². The van der Waals surface area contributed by atoms with Gasteiger partial charge in [0, 0.05) is 19.2 Å². The van der Waals surface area contributed by atoms with E-state index in [0.29, 0.717) is 6.54 Å². The lowest BCUT2D eigenvalue weighted by Crippen LogP contribution is -2.32. The zero-order valence-electron chi connectivity index (χ0n) is 11.2. The highest BCUT2D eigenvalue weighted by atomic mass is 32.2. The van der Waals surface area contributed by atoms with Crippen molar-refractivity contribution < 1.29 is 14.3 Å². The second-order valence-corrected chi connectivity index (χ2v) is 6.10. The first kappa shape index (κ1) is 16.3. The van der Waals surface area contributed by atoms with Crippen molar-refractivity contribution in [2.75, 3.05) is 12.3 Å². The van der Waals surface area contributed by atoms with Crippen LogP contribution in [0.3, 0.4) is 0 Å². The standard InChI is InChI=1S/C12H23NO3S/c1-10(14)17-9-7-5-6-8-13-11(15)16-12(2,3)4/h5-9H2,1-4H3,(H,13,15). The first-order valence-electron chi connectivity index (χ1n) is 5.91. The topological polar surface area (TPSA) is 55.4 Å². The predicted octanol–water partition coefficient (Wildman–Crippen LogP) is 2.96. The summed E-state index contributed by atoms with van der Waals surface area (Å²) < 4.78 is 5.10. The Morgan fingerprint density at radius 1 is 1.18 bits per heavy atom. The van der Waals surface area contributed by atoms with Gasteiger partial charge in [-0.3, -0.25) is 4.79 Å². The number of carbonyl (C=O) groups is 2. The number of unbranched alkanes of at least 4 members (excludes halogenated alkanes) is 2. The van der Waals surface area contributed by atoms with Gasteiger partial charge in [-0.25, -0.2) is 4.79 Å². The molecule has 0 aliphatic carbocycles. The summed E-state index contributed by atoms with van der Waals surface area (Å²) in [6.45, 7) is 7.72. The summed E-state index contributed by atoms with van der Waals surface area (Å²) in [5, 5.41) is 2.87. The van der Waals surface area contributed by atoms with Crippen LogP contribution in [0, 0.1) is 0 Å². The molecule has 4 nitrogen and oxygen atoms in total. The van der Waals surface area contributed by atoms with Crippen molar-refractivity contribution >= 4 is 23.0 Å². The smallest absolute Gasteiger partial charge is 0.407 e. The lowest BCUT2D eigenvalue weighted by Gasteiger charge is -2.19. The van der Waals surface area contributed by atoms with Gasteiger partial charge in [-0.15, -0.1) is 0 Å². The third-order valence-corrected chi connectivity index (χ3v) is 2.69. The number of hydrogen-bond donors (Lipinski definition) is 1. The number of hydrogen-bond acceptors (Lipinski definition) is 4. The van der Waals surface area contributed by atoms with Gasteiger partial charge in [0.05, 0.1) is 0 Å². The summed E-state index contributed by atoms with van der Waals surface area (Å²) in [6.07, 6.45) is 2.56. The predicted molar refractivity (Wildman–Crippen MR) is 71.2 cm³/mol. The molecule has 0 aliphatic rings. The van der Waals surface area contributed by atoms with Gasteiger partial charge < -0.3 is 10.1 Å². The minimum Gasteiger partial charge on any atom is -0.444 e. The van der Waals surface area contributed by atoms with Gasteiger partial charge in [-0.05, 0) is 33.6 Å². The minimum atomic E-state index is -0.442. The fraction of sp³-hybridized carbons (Fsp3) is 0.833. The van der Waals surface area contributed by atoms with E-state index >= 15 is 0 Å². The van der Waals surface area contributed by atoms with Crippen LogP contribution in [0.25, 0.3) is 0 Å². The van der Waals surface area contributed by atoms with E-state index in [2.05, 4.69) is 5.32 Å². The van der Waals surface area contributed by atoms with Crippen LogP contribution in [0.1, 0.15) is 47.0 Å². The van der Waals surface area contributed by atoms with Gasteiger partial charge in [0.1, 0.15) is 5.60 Å². The van der Waals surface area contributed by atoms with Gasteiger partial charge in [0.2, 0.25) is 0 Å². The van der Waals surface area contributed by atoms with E-state index in [1.807, 2.05) is 20.8 Å². The summed E-state index contributed by atoms with van der Waals surface area (Å²) in [6, 6.07) is 0. The van der Waals surface area contributed by atoms with Gasteiger partial charge in [0.25, 0.3) is 0 Å². The van der Waals surface area contributed by atoms with Crippen molar-refractivity contribution in [1.29, 1.82) is 0 Å². The molecular formula is C12H23NO3S. The molecule has 0 spiro atoms. The van der Waals surface area contributed by atoms with Crippen molar-refractivity contribution in [3.8, 4) is 0 Å². The second-order valence-electron chi connectivity index (χ2n) is 4.83. The quantitative estimate of drug-likeness (QED) is 0.747. The van der Waals surface area contributed by atoms with Gasteiger partial charge in [0.15, 0.2) is 5.12 Å². The van der Waals surface area contributed by atoms with Crippen LogP contribution in [-0.2, 0) is 9.53 Å². The molecule has 0 aromatic carbocycles. The number of thioether (sulfide) groups is 1. The van der Waals surface area contributed by atoms with Crippen LogP contribution in [0.4, 0.5) is 4.79 Å². The Bertz CT molecular complexity index is 249. The Morgan fingerprint density at radius 3 is 2.35 bits per heavy atom. The fourth-order valence-electron chi connectivity index (χ4n) is 1.12. The molecule has 0 atom stereocenters. The van der Waals surface area contributed by atoms with E-state index in [4.69, 9.17) is 4.74 Å². The lowest BCUT2D eigenvalue weighted by atomic mass is 10.2. The van der Waals surface area contributed by atoms with Crippen LogP contribution in [0.5, 0.6) is 0 Å². The number of nitrogens with one attached hydrogen (secondary N) is 1. The molecule has 0 aromatic rings. The maximum absolute atomic E-state index is 11.3. The van der Waals surface area contributed by atoms with E-state index < -0.39 is 5.60 Å². The Labute approximate surface area is 108 Å². The molecule has 100 valence electrons. The maximum Gasteiger partial charge on any atom is 0.407 e. The first-order chi connectivity index (χ1) is 7.81. The molecule has 0 aliphatic heterocycles. The monoisotopic (exact) mass is 261 g/mol. The highest BCUT2D eigenvalue weighted by Gasteiger charge is 2.15. The summed E-state index contributed by atoms with van der Waals surface area (Å²) >= 11 is 1.35. The zero-order valence-corrected chi connectivity index (χ0v) is 12.0. The summed E-state index contributed by atoms with van der Waals surface area (Å²) in [5.74, 6) is 0.863. The van der Waals surface area contributed by atoms with Crippen molar-refractivity contribution in [2.24, 2.45) is 0 Å². The molecular weight excluding hydrogens is 238 g/mol. The second kappa shape index (κ2) is 8.39. The van der Waals surface area contributed by atoms with E-state index in [9.17, 15) is 9.59 Å². The zero-order chi connectivity index (χ0) is 13.3. The number of alkyl carbamates (subject to hydrolysis) is 1. The Hall–Kier alpha value is -0.710. The molecule has 0 bridgehead atoms. The Kier molecular flexibility index (Phi) is 8.04. The molecule has 0 rings (SSSR count). The van der Waals surface area contributed by atoms with Gasteiger partial charge in [-0.2, -0.15) is 0 Å². The van der Waals surface area contributed by atoms with E-state index in [1.54, 1.807) is 6.92 Å². The molecule has 17 heavy (non-hydrogen) atoms. The average Bonchev–Trinajstić information content (AvgIpc) is 2.12.